The number of hydrogen-bond acceptors (Lipinski definition) is 5. The van der Waals surface area contributed by atoms with Gasteiger partial charge in [0.2, 0.25) is 5.69 Å². The summed E-state index contributed by atoms with van der Waals surface area (Å²) in [5, 5.41) is 7.50. The van der Waals surface area contributed by atoms with Gasteiger partial charge >= 0.3 is 11.9 Å². The van der Waals surface area contributed by atoms with Crippen LogP contribution < -0.4 is 0 Å². The first-order chi connectivity index (χ1) is 8.58. The average molecular weight is 243 g/mol. The molecule has 0 amide bonds. The number of rotatable bonds is 1. The predicted molar refractivity (Wildman–Crippen MR) is 60.6 cm³/mol. The number of benzene rings is 1. The fraction of sp³-hybridized carbons (Fsp3) is 0.167. The Hall–Kier alpha value is -2.50. The van der Waals surface area contributed by atoms with Crippen LogP contribution in [0.15, 0.2) is 18.2 Å². The van der Waals surface area contributed by atoms with E-state index in [1.54, 1.807) is 0 Å². The van der Waals surface area contributed by atoms with Crippen LogP contribution >= 0.6 is 0 Å². The van der Waals surface area contributed by atoms with E-state index in [4.69, 9.17) is 0 Å². The molecule has 0 saturated heterocycles. The number of fused-ring (bicyclic) bond motifs is 1. The monoisotopic (exact) mass is 243 g/mol. The summed E-state index contributed by atoms with van der Waals surface area (Å²) in [5.74, 6) is -1.46. The van der Waals surface area contributed by atoms with E-state index in [9.17, 15) is 9.59 Å². The maximum Gasteiger partial charge on any atom is 0.369 e. The maximum atomic E-state index is 11.5. The van der Waals surface area contributed by atoms with Crippen molar-refractivity contribution in [2.75, 3.05) is 0 Å². The number of cyclic esters (lactones) is 2. The Balaban J connectivity index is 2.19. The van der Waals surface area contributed by atoms with Crippen LogP contribution in [0.4, 0.5) is 0 Å². The first kappa shape index (κ1) is 10.6. The van der Waals surface area contributed by atoms with E-state index in [2.05, 4.69) is 15.0 Å². The molecule has 2 aromatic rings. The van der Waals surface area contributed by atoms with Crippen molar-refractivity contribution in [1.82, 2.24) is 15.0 Å². The van der Waals surface area contributed by atoms with Gasteiger partial charge < -0.3 is 4.74 Å². The van der Waals surface area contributed by atoms with Crippen LogP contribution in [-0.4, -0.2) is 26.9 Å². The van der Waals surface area contributed by atoms with Gasteiger partial charge in [-0.15, -0.1) is 5.10 Å². The number of ether oxygens (including phenoxy) is 1. The lowest BCUT2D eigenvalue weighted by molar-refractivity contribution is 0.0434. The van der Waals surface area contributed by atoms with Gasteiger partial charge in [-0.25, -0.2) is 14.3 Å². The van der Waals surface area contributed by atoms with E-state index in [0.29, 0.717) is 5.69 Å². The number of carbonyl (C=O) groups is 2. The highest BCUT2D eigenvalue weighted by atomic mass is 16.6. The number of carbonyl (C=O) groups excluding carboxylic acids is 2. The molecule has 0 radical (unpaired) electrons. The van der Waals surface area contributed by atoms with Crippen LogP contribution in [-0.2, 0) is 4.74 Å². The van der Waals surface area contributed by atoms with Crippen LogP contribution in [0.1, 0.15) is 32.1 Å². The second-order valence-corrected chi connectivity index (χ2v) is 4.14. The van der Waals surface area contributed by atoms with Crippen molar-refractivity contribution in [2.24, 2.45) is 0 Å². The van der Waals surface area contributed by atoms with Gasteiger partial charge in [0.1, 0.15) is 0 Å². The lowest BCUT2D eigenvalue weighted by Gasteiger charge is -2.05. The fourth-order valence-electron chi connectivity index (χ4n) is 1.82. The average Bonchev–Trinajstić information content (AvgIpc) is 2.87. The Morgan fingerprint density at radius 2 is 1.89 bits per heavy atom. The van der Waals surface area contributed by atoms with Crippen molar-refractivity contribution in [2.45, 2.75) is 13.8 Å². The minimum atomic E-state index is -0.745. The third kappa shape index (κ3) is 1.35. The molecule has 0 fully saturated rings. The largest absolute Gasteiger partial charge is 0.383 e. The molecule has 90 valence electrons. The van der Waals surface area contributed by atoms with E-state index in [-0.39, 0.29) is 11.4 Å². The van der Waals surface area contributed by atoms with Crippen LogP contribution in [0.3, 0.4) is 0 Å². The maximum absolute atomic E-state index is 11.5. The highest BCUT2D eigenvalue weighted by Crippen LogP contribution is 2.21. The van der Waals surface area contributed by atoms with Gasteiger partial charge in [0.05, 0.1) is 5.69 Å². The topological polar surface area (TPSA) is 74.1 Å². The number of esters is 2. The standard InChI is InChI=1S/C12H9N3O3/c1-6-3-4-8(5-7(6)2)15-10-9(13-14-15)11(16)18-12(10)17/h3-5H,1-2H3. The van der Waals surface area contributed by atoms with Gasteiger partial charge in [-0.2, -0.15) is 0 Å². The summed E-state index contributed by atoms with van der Waals surface area (Å²) in [4.78, 5) is 22.8. The van der Waals surface area contributed by atoms with Gasteiger partial charge in [-0.3, -0.25) is 0 Å². The molecule has 3 rings (SSSR count). The molecule has 1 aromatic heterocycles. The zero-order valence-corrected chi connectivity index (χ0v) is 9.80. The molecule has 0 aliphatic carbocycles. The molecule has 1 aliphatic heterocycles. The summed E-state index contributed by atoms with van der Waals surface area (Å²) in [6, 6.07) is 5.61. The lowest BCUT2D eigenvalue weighted by atomic mass is 10.1. The third-order valence-corrected chi connectivity index (χ3v) is 2.98. The summed E-state index contributed by atoms with van der Waals surface area (Å²) < 4.78 is 5.81. The molecular formula is C12H9N3O3. The minimum Gasteiger partial charge on any atom is -0.383 e. The van der Waals surface area contributed by atoms with E-state index in [0.717, 1.165) is 11.1 Å². The molecule has 0 atom stereocenters. The van der Waals surface area contributed by atoms with Crippen LogP contribution in [0.2, 0.25) is 0 Å². The van der Waals surface area contributed by atoms with Crippen molar-refractivity contribution >= 4 is 11.9 Å². The smallest absolute Gasteiger partial charge is 0.369 e. The molecule has 0 spiro atoms. The molecule has 0 saturated carbocycles. The summed E-state index contributed by atoms with van der Waals surface area (Å²) >= 11 is 0. The first-order valence-electron chi connectivity index (χ1n) is 5.38. The Bertz CT molecular complexity index is 688. The predicted octanol–water partition coefficient (Wildman–Crippen LogP) is 1.19. The molecule has 6 nitrogen and oxygen atoms in total. The second-order valence-electron chi connectivity index (χ2n) is 4.14. The quantitative estimate of drug-likeness (QED) is 0.555. The van der Waals surface area contributed by atoms with Crippen molar-refractivity contribution in [1.29, 1.82) is 0 Å². The van der Waals surface area contributed by atoms with E-state index in [1.165, 1.54) is 4.68 Å². The van der Waals surface area contributed by atoms with E-state index < -0.39 is 11.9 Å². The lowest BCUT2D eigenvalue weighted by Crippen LogP contribution is -2.08. The molecular weight excluding hydrogens is 234 g/mol. The van der Waals surface area contributed by atoms with E-state index >= 15 is 0 Å². The Labute approximate surface area is 102 Å². The molecule has 2 heterocycles. The van der Waals surface area contributed by atoms with E-state index in [1.807, 2.05) is 32.0 Å². The molecule has 0 N–H and O–H groups in total. The van der Waals surface area contributed by atoms with Crippen molar-refractivity contribution in [3.8, 4) is 5.69 Å². The number of aromatic nitrogens is 3. The van der Waals surface area contributed by atoms with Crippen LogP contribution in [0.5, 0.6) is 0 Å². The van der Waals surface area contributed by atoms with Gasteiger partial charge in [0.25, 0.3) is 0 Å². The fourth-order valence-corrected chi connectivity index (χ4v) is 1.82. The van der Waals surface area contributed by atoms with Crippen molar-refractivity contribution in [3.63, 3.8) is 0 Å². The van der Waals surface area contributed by atoms with Crippen molar-refractivity contribution < 1.29 is 14.3 Å². The molecule has 1 aromatic carbocycles. The summed E-state index contributed by atoms with van der Waals surface area (Å²) in [5.41, 5.74) is 2.93. The van der Waals surface area contributed by atoms with Crippen molar-refractivity contribution in [3.05, 3.63) is 40.7 Å². The third-order valence-electron chi connectivity index (χ3n) is 2.98. The summed E-state index contributed by atoms with van der Waals surface area (Å²) in [6.45, 7) is 3.95. The highest BCUT2D eigenvalue weighted by molar-refractivity contribution is 6.12. The van der Waals surface area contributed by atoms with Gasteiger partial charge in [-0.05, 0) is 37.1 Å². The Morgan fingerprint density at radius 3 is 2.61 bits per heavy atom. The summed E-state index contributed by atoms with van der Waals surface area (Å²) in [7, 11) is 0. The van der Waals surface area contributed by atoms with Gasteiger partial charge in [0, 0.05) is 0 Å². The van der Waals surface area contributed by atoms with Crippen LogP contribution in [0.25, 0.3) is 5.69 Å². The molecule has 18 heavy (non-hydrogen) atoms. The summed E-state index contributed by atoms with van der Waals surface area (Å²) in [6.07, 6.45) is 0. The molecule has 6 heteroatoms. The zero-order valence-electron chi connectivity index (χ0n) is 9.80. The first-order valence-corrected chi connectivity index (χ1v) is 5.38. The normalized spacial score (nSPS) is 13.7. The van der Waals surface area contributed by atoms with Gasteiger partial charge in [-0.1, -0.05) is 11.3 Å². The Morgan fingerprint density at radius 1 is 1.11 bits per heavy atom. The minimum absolute atomic E-state index is 0.0294. The molecule has 0 bridgehead atoms. The Kier molecular flexibility index (Phi) is 2.07. The molecule has 0 unspecified atom stereocenters. The second kappa shape index (κ2) is 3.49. The number of nitrogens with zero attached hydrogens (tertiary/aromatic N) is 3. The van der Waals surface area contributed by atoms with Crippen LogP contribution in [0, 0.1) is 13.8 Å². The number of aryl methyl sites for hydroxylation is 2. The highest BCUT2D eigenvalue weighted by Gasteiger charge is 2.37. The number of hydrogen-bond donors (Lipinski definition) is 0. The molecule has 1 aliphatic rings. The SMILES string of the molecule is Cc1ccc(-n2nnc3c2C(=O)OC3=O)cc1C. The van der Waals surface area contributed by atoms with Gasteiger partial charge in [0.15, 0.2) is 5.69 Å². The zero-order chi connectivity index (χ0) is 12.9.